The van der Waals surface area contributed by atoms with Crippen LogP contribution in [0.15, 0.2) is 22.7 Å². The number of benzene rings is 1. The third kappa shape index (κ3) is 2.53. The number of aromatic nitrogens is 2. The van der Waals surface area contributed by atoms with Crippen molar-refractivity contribution in [2.24, 2.45) is 0 Å². The number of nitrogens with zero attached hydrogens (tertiary/aromatic N) is 2. The summed E-state index contributed by atoms with van der Waals surface area (Å²) in [6.45, 7) is 1.50. The van der Waals surface area contributed by atoms with E-state index < -0.39 is 0 Å². The monoisotopic (exact) mass is 260 g/mol. The van der Waals surface area contributed by atoms with E-state index in [0.717, 1.165) is 37.4 Å². The fraction of sp³-hybridized carbons (Fsp3) is 0.385. The second-order valence-corrected chi connectivity index (χ2v) is 4.73. The fourth-order valence-electron chi connectivity index (χ4n) is 2.27. The SMILES string of the molecule is Nc1cc(N)cc(-c2nc(C3CCOCC3)no2)c1. The van der Waals surface area contributed by atoms with Crippen molar-refractivity contribution in [3.8, 4) is 11.5 Å². The lowest BCUT2D eigenvalue weighted by molar-refractivity contribution is 0.0830. The maximum Gasteiger partial charge on any atom is 0.258 e. The van der Waals surface area contributed by atoms with Crippen LogP contribution in [0.25, 0.3) is 11.5 Å². The van der Waals surface area contributed by atoms with E-state index in [9.17, 15) is 0 Å². The van der Waals surface area contributed by atoms with E-state index in [0.29, 0.717) is 23.2 Å². The van der Waals surface area contributed by atoms with Crippen LogP contribution in [0.2, 0.25) is 0 Å². The van der Waals surface area contributed by atoms with E-state index in [1.807, 2.05) is 0 Å². The molecular formula is C13H16N4O2. The van der Waals surface area contributed by atoms with Crippen LogP contribution in [-0.4, -0.2) is 23.4 Å². The summed E-state index contributed by atoms with van der Waals surface area (Å²) < 4.78 is 10.6. The maximum atomic E-state index is 5.76. The Kier molecular flexibility index (Phi) is 3.08. The molecule has 0 atom stereocenters. The minimum absolute atomic E-state index is 0.310. The molecule has 1 saturated heterocycles. The molecule has 0 bridgehead atoms. The van der Waals surface area contributed by atoms with E-state index in [1.165, 1.54) is 0 Å². The number of ether oxygens (including phenoxy) is 1. The van der Waals surface area contributed by atoms with Gasteiger partial charge in [-0.05, 0) is 31.0 Å². The van der Waals surface area contributed by atoms with Gasteiger partial charge in [-0.15, -0.1) is 0 Å². The summed E-state index contributed by atoms with van der Waals surface area (Å²) in [4.78, 5) is 4.44. The van der Waals surface area contributed by atoms with E-state index in [2.05, 4.69) is 10.1 Å². The van der Waals surface area contributed by atoms with Gasteiger partial charge in [0, 0.05) is 36.1 Å². The molecular weight excluding hydrogens is 244 g/mol. The molecule has 0 radical (unpaired) electrons. The Bertz CT molecular complexity index is 556. The summed E-state index contributed by atoms with van der Waals surface area (Å²) in [5.74, 6) is 1.50. The highest BCUT2D eigenvalue weighted by Crippen LogP contribution is 2.28. The highest BCUT2D eigenvalue weighted by molar-refractivity contribution is 5.67. The van der Waals surface area contributed by atoms with Gasteiger partial charge in [-0.2, -0.15) is 4.98 Å². The Labute approximate surface area is 110 Å². The summed E-state index contributed by atoms with van der Waals surface area (Å²) in [6.07, 6.45) is 1.86. The summed E-state index contributed by atoms with van der Waals surface area (Å²) in [6, 6.07) is 5.24. The molecule has 100 valence electrons. The summed E-state index contributed by atoms with van der Waals surface area (Å²) in [7, 11) is 0. The van der Waals surface area contributed by atoms with Gasteiger partial charge in [-0.25, -0.2) is 0 Å². The molecule has 6 heteroatoms. The molecule has 1 aliphatic heterocycles. The first-order valence-electron chi connectivity index (χ1n) is 6.30. The number of nitrogens with two attached hydrogens (primary N) is 2. The molecule has 1 fully saturated rings. The summed E-state index contributed by atoms with van der Waals surface area (Å²) in [5, 5.41) is 4.05. The van der Waals surface area contributed by atoms with Gasteiger partial charge in [0.05, 0.1) is 0 Å². The van der Waals surface area contributed by atoms with Crippen molar-refractivity contribution in [3.63, 3.8) is 0 Å². The van der Waals surface area contributed by atoms with Gasteiger partial charge in [-0.1, -0.05) is 5.16 Å². The highest BCUT2D eigenvalue weighted by Gasteiger charge is 2.21. The Hall–Kier alpha value is -2.08. The number of rotatable bonds is 2. The number of anilines is 2. The molecule has 0 saturated carbocycles. The van der Waals surface area contributed by atoms with Crippen LogP contribution in [0.4, 0.5) is 11.4 Å². The van der Waals surface area contributed by atoms with E-state index >= 15 is 0 Å². The molecule has 1 aliphatic rings. The highest BCUT2D eigenvalue weighted by atomic mass is 16.5. The predicted molar refractivity (Wildman–Crippen MR) is 71.4 cm³/mol. The van der Waals surface area contributed by atoms with Crippen LogP contribution in [0.5, 0.6) is 0 Å². The molecule has 0 amide bonds. The molecule has 1 aromatic heterocycles. The van der Waals surface area contributed by atoms with Crippen molar-refractivity contribution in [1.82, 2.24) is 10.1 Å². The van der Waals surface area contributed by atoms with Crippen molar-refractivity contribution in [1.29, 1.82) is 0 Å². The molecule has 2 heterocycles. The topological polar surface area (TPSA) is 100 Å². The zero-order chi connectivity index (χ0) is 13.2. The number of nitrogen functional groups attached to an aromatic ring is 2. The fourth-order valence-corrected chi connectivity index (χ4v) is 2.27. The molecule has 4 N–H and O–H groups in total. The van der Waals surface area contributed by atoms with Crippen molar-refractivity contribution in [2.45, 2.75) is 18.8 Å². The minimum atomic E-state index is 0.310. The van der Waals surface area contributed by atoms with E-state index in [4.69, 9.17) is 20.7 Å². The van der Waals surface area contributed by atoms with Gasteiger partial charge in [-0.3, -0.25) is 0 Å². The molecule has 0 spiro atoms. The van der Waals surface area contributed by atoms with Gasteiger partial charge in [0.2, 0.25) is 0 Å². The first kappa shape index (κ1) is 12.0. The predicted octanol–water partition coefficient (Wildman–Crippen LogP) is 1.79. The summed E-state index contributed by atoms with van der Waals surface area (Å²) in [5.41, 5.74) is 13.4. The lowest BCUT2D eigenvalue weighted by atomic mass is 10.00. The Morgan fingerprint density at radius 2 is 1.74 bits per heavy atom. The van der Waals surface area contributed by atoms with Crippen molar-refractivity contribution in [2.75, 3.05) is 24.7 Å². The average Bonchev–Trinajstić information content (AvgIpc) is 2.88. The lowest BCUT2D eigenvalue weighted by Gasteiger charge is -2.18. The molecule has 0 unspecified atom stereocenters. The van der Waals surface area contributed by atoms with Crippen molar-refractivity contribution in [3.05, 3.63) is 24.0 Å². The molecule has 0 aliphatic carbocycles. The van der Waals surface area contributed by atoms with Gasteiger partial charge in [0.15, 0.2) is 5.82 Å². The van der Waals surface area contributed by atoms with Crippen LogP contribution in [0.3, 0.4) is 0 Å². The third-order valence-corrected chi connectivity index (χ3v) is 3.25. The van der Waals surface area contributed by atoms with E-state index in [-0.39, 0.29) is 0 Å². The van der Waals surface area contributed by atoms with Gasteiger partial charge in [0.25, 0.3) is 5.89 Å². The van der Waals surface area contributed by atoms with Gasteiger partial charge >= 0.3 is 0 Å². The van der Waals surface area contributed by atoms with Gasteiger partial charge in [0.1, 0.15) is 0 Å². The number of hydrogen-bond acceptors (Lipinski definition) is 6. The molecule has 2 aromatic rings. The Morgan fingerprint density at radius 3 is 2.42 bits per heavy atom. The second-order valence-electron chi connectivity index (χ2n) is 4.73. The Morgan fingerprint density at radius 1 is 1.05 bits per heavy atom. The molecule has 3 rings (SSSR count). The van der Waals surface area contributed by atoms with Gasteiger partial charge < -0.3 is 20.7 Å². The van der Waals surface area contributed by atoms with Crippen LogP contribution >= 0.6 is 0 Å². The molecule has 19 heavy (non-hydrogen) atoms. The standard InChI is InChI=1S/C13H16N4O2/c14-10-5-9(6-11(15)7-10)13-16-12(17-19-13)8-1-3-18-4-2-8/h5-8H,1-4,14-15H2. The largest absolute Gasteiger partial charge is 0.399 e. The minimum Gasteiger partial charge on any atom is -0.399 e. The molecule has 6 nitrogen and oxygen atoms in total. The third-order valence-electron chi connectivity index (χ3n) is 3.25. The second kappa shape index (κ2) is 4.89. The first-order chi connectivity index (χ1) is 9.22. The average molecular weight is 260 g/mol. The van der Waals surface area contributed by atoms with Crippen molar-refractivity contribution >= 4 is 11.4 Å². The quantitative estimate of drug-likeness (QED) is 0.798. The van der Waals surface area contributed by atoms with Crippen LogP contribution in [0, 0.1) is 0 Å². The first-order valence-corrected chi connectivity index (χ1v) is 6.30. The van der Waals surface area contributed by atoms with Crippen molar-refractivity contribution < 1.29 is 9.26 Å². The molecule has 1 aromatic carbocycles. The zero-order valence-corrected chi connectivity index (χ0v) is 10.5. The van der Waals surface area contributed by atoms with E-state index in [1.54, 1.807) is 18.2 Å². The lowest BCUT2D eigenvalue weighted by Crippen LogP contribution is -2.15. The Balaban J connectivity index is 1.87. The zero-order valence-electron chi connectivity index (χ0n) is 10.5. The van der Waals surface area contributed by atoms with Crippen LogP contribution < -0.4 is 11.5 Å². The summed E-state index contributed by atoms with van der Waals surface area (Å²) >= 11 is 0. The number of hydrogen-bond donors (Lipinski definition) is 2. The van der Waals surface area contributed by atoms with Crippen LogP contribution in [0.1, 0.15) is 24.6 Å². The normalized spacial score (nSPS) is 16.6. The maximum absolute atomic E-state index is 5.76. The van der Waals surface area contributed by atoms with Crippen LogP contribution in [-0.2, 0) is 4.74 Å². The smallest absolute Gasteiger partial charge is 0.258 e.